The number of para-hydroxylation sites is 1. The standard InChI is InChI=1S/C23H26FN3OS/c1-14(21(28)26-20-8-6-5-7-18(20)24)29-22-16(13-25)11-15-12-17(23(2,3)4)9-10-19(15)27-22/h5-8,11,14,17H,9-10,12H2,1-4H3,(H,26,28). The molecule has 2 atom stereocenters. The van der Waals surface area contributed by atoms with Crippen LogP contribution in [0.4, 0.5) is 10.1 Å². The zero-order valence-electron chi connectivity index (χ0n) is 17.3. The number of nitrogens with zero attached hydrogens (tertiary/aromatic N) is 2. The molecule has 0 saturated heterocycles. The lowest BCUT2D eigenvalue weighted by Crippen LogP contribution is -2.28. The van der Waals surface area contributed by atoms with Crippen LogP contribution in [-0.2, 0) is 17.6 Å². The molecular formula is C23H26FN3OS. The van der Waals surface area contributed by atoms with E-state index in [1.54, 1.807) is 19.1 Å². The number of hydrogen-bond acceptors (Lipinski definition) is 4. The Labute approximate surface area is 175 Å². The Morgan fingerprint density at radius 2 is 2.10 bits per heavy atom. The minimum Gasteiger partial charge on any atom is -0.323 e. The highest BCUT2D eigenvalue weighted by Gasteiger charge is 2.30. The lowest BCUT2D eigenvalue weighted by molar-refractivity contribution is -0.115. The fraction of sp³-hybridized carbons (Fsp3) is 0.435. The van der Waals surface area contributed by atoms with Crippen LogP contribution in [0.1, 0.15) is 50.9 Å². The Bertz CT molecular complexity index is 962. The lowest BCUT2D eigenvalue weighted by atomic mass is 9.71. The number of nitriles is 1. The van der Waals surface area contributed by atoms with E-state index in [0.717, 1.165) is 30.5 Å². The maximum Gasteiger partial charge on any atom is 0.237 e. The first kappa shape index (κ1) is 21.3. The van der Waals surface area contributed by atoms with Crippen LogP contribution in [0.3, 0.4) is 0 Å². The van der Waals surface area contributed by atoms with Gasteiger partial charge in [0.2, 0.25) is 5.91 Å². The fourth-order valence-corrected chi connectivity index (χ4v) is 4.47. The predicted octanol–water partition coefficient (Wildman–Crippen LogP) is 5.36. The minimum atomic E-state index is -0.516. The van der Waals surface area contributed by atoms with E-state index in [1.807, 2.05) is 6.07 Å². The highest BCUT2D eigenvalue weighted by Crippen LogP contribution is 2.38. The number of benzene rings is 1. The monoisotopic (exact) mass is 411 g/mol. The molecule has 1 heterocycles. The second kappa shape index (κ2) is 8.54. The van der Waals surface area contributed by atoms with Gasteiger partial charge in [0.15, 0.2) is 0 Å². The number of carbonyl (C=O) groups is 1. The van der Waals surface area contributed by atoms with Crippen molar-refractivity contribution < 1.29 is 9.18 Å². The Hall–Kier alpha value is -2.39. The SMILES string of the molecule is CC(Sc1nc2c(cc1C#N)CC(C(C)(C)C)CC2)C(=O)Nc1ccccc1F. The van der Waals surface area contributed by atoms with Gasteiger partial charge in [-0.25, -0.2) is 9.37 Å². The summed E-state index contributed by atoms with van der Waals surface area (Å²) in [6.07, 6.45) is 2.88. The summed E-state index contributed by atoms with van der Waals surface area (Å²) in [6.45, 7) is 8.49. The molecule has 6 heteroatoms. The van der Waals surface area contributed by atoms with Gasteiger partial charge in [0, 0.05) is 5.69 Å². The molecule has 2 aromatic rings. The molecule has 1 aliphatic rings. The number of nitrogens with one attached hydrogen (secondary N) is 1. The van der Waals surface area contributed by atoms with E-state index < -0.39 is 11.1 Å². The van der Waals surface area contributed by atoms with Crippen LogP contribution in [0.15, 0.2) is 35.4 Å². The van der Waals surface area contributed by atoms with Crippen LogP contribution in [0, 0.1) is 28.5 Å². The molecular weight excluding hydrogens is 385 g/mol. The van der Waals surface area contributed by atoms with E-state index in [-0.39, 0.29) is 17.0 Å². The normalized spacial score (nSPS) is 17.2. The van der Waals surface area contributed by atoms with E-state index in [9.17, 15) is 14.4 Å². The Balaban J connectivity index is 1.77. The van der Waals surface area contributed by atoms with Crippen molar-refractivity contribution in [2.75, 3.05) is 5.32 Å². The van der Waals surface area contributed by atoms with Crippen molar-refractivity contribution in [2.45, 2.75) is 57.2 Å². The molecule has 0 fully saturated rings. The van der Waals surface area contributed by atoms with Gasteiger partial charge in [-0.05, 0) is 61.3 Å². The number of pyridine rings is 1. The fourth-order valence-electron chi connectivity index (χ4n) is 3.57. The third-order valence-electron chi connectivity index (χ3n) is 5.49. The smallest absolute Gasteiger partial charge is 0.237 e. The number of anilines is 1. The van der Waals surface area contributed by atoms with E-state index in [1.165, 1.54) is 23.9 Å². The number of halogens is 1. The van der Waals surface area contributed by atoms with Crippen LogP contribution in [0.2, 0.25) is 0 Å². The third-order valence-corrected chi connectivity index (χ3v) is 6.59. The number of thioether (sulfide) groups is 1. The highest BCUT2D eigenvalue weighted by molar-refractivity contribution is 8.00. The number of rotatable bonds is 4. The third kappa shape index (κ3) is 4.97. The zero-order valence-corrected chi connectivity index (χ0v) is 18.1. The van der Waals surface area contributed by atoms with Crippen molar-refractivity contribution in [3.05, 3.63) is 53.0 Å². The number of hydrogen-bond donors (Lipinski definition) is 1. The minimum absolute atomic E-state index is 0.150. The van der Waals surface area contributed by atoms with Crippen molar-refractivity contribution in [3.63, 3.8) is 0 Å². The molecule has 4 nitrogen and oxygen atoms in total. The maximum atomic E-state index is 13.8. The van der Waals surface area contributed by atoms with Gasteiger partial charge in [0.05, 0.1) is 16.5 Å². The molecule has 1 amide bonds. The van der Waals surface area contributed by atoms with Crippen LogP contribution >= 0.6 is 11.8 Å². The molecule has 152 valence electrons. The van der Waals surface area contributed by atoms with E-state index >= 15 is 0 Å². The number of amides is 1. The molecule has 3 rings (SSSR count). The van der Waals surface area contributed by atoms with Gasteiger partial charge in [-0.15, -0.1) is 0 Å². The Morgan fingerprint density at radius 1 is 1.38 bits per heavy atom. The largest absolute Gasteiger partial charge is 0.323 e. The van der Waals surface area contributed by atoms with E-state index in [4.69, 9.17) is 4.98 Å². The number of carbonyl (C=O) groups excluding carboxylic acids is 1. The summed E-state index contributed by atoms with van der Waals surface area (Å²) in [5, 5.41) is 12.3. The Kier molecular flexibility index (Phi) is 6.28. The molecule has 0 radical (unpaired) electrons. The topological polar surface area (TPSA) is 65.8 Å². The van der Waals surface area contributed by atoms with Gasteiger partial charge in [-0.1, -0.05) is 44.7 Å². The number of fused-ring (bicyclic) bond motifs is 1. The molecule has 2 unspecified atom stereocenters. The summed E-state index contributed by atoms with van der Waals surface area (Å²) < 4.78 is 13.8. The molecule has 0 spiro atoms. The van der Waals surface area contributed by atoms with Crippen molar-refractivity contribution in [1.82, 2.24) is 4.98 Å². The first-order valence-corrected chi connectivity index (χ1v) is 10.7. The summed E-state index contributed by atoms with van der Waals surface area (Å²) in [7, 11) is 0. The molecule has 0 bridgehead atoms. The van der Waals surface area contributed by atoms with E-state index in [0.29, 0.717) is 16.5 Å². The van der Waals surface area contributed by atoms with Crippen molar-refractivity contribution in [1.29, 1.82) is 5.26 Å². The van der Waals surface area contributed by atoms with Crippen molar-refractivity contribution >= 4 is 23.4 Å². The second-order valence-corrected chi connectivity index (χ2v) is 9.92. The first-order chi connectivity index (χ1) is 13.7. The second-order valence-electron chi connectivity index (χ2n) is 8.59. The van der Waals surface area contributed by atoms with Crippen LogP contribution < -0.4 is 5.32 Å². The van der Waals surface area contributed by atoms with Gasteiger partial charge in [-0.3, -0.25) is 4.79 Å². The van der Waals surface area contributed by atoms with Gasteiger partial charge in [0.25, 0.3) is 0 Å². The average Bonchev–Trinajstić information content (AvgIpc) is 2.68. The van der Waals surface area contributed by atoms with Crippen LogP contribution in [0.25, 0.3) is 0 Å². The summed E-state index contributed by atoms with van der Waals surface area (Å²) in [5.41, 5.74) is 3.03. The molecule has 1 aliphatic carbocycles. The van der Waals surface area contributed by atoms with Gasteiger partial charge in [0.1, 0.15) is 16.9 Å². The van der Waals surface area contributed by atoms with Crippen molar-refractivity contribution in [2.24, 2.45) is 11.3 Å². The molecule has 1 aromatic heterocycles. The van der Waals surface area contributed by atoms with Gasteiger partial charge >= 0.3 is 0 Å². The molecule has 1 aromatic carbocycles. The zero-order chi connectivity index (χ0) is 21.2. The molecule has 0 saturated carbocycles. The summed E-state index contributed by atoms with van der Waals surface area (Å²) in [5.74, 6) is -0.236. The predicted molar refractivity (Wildman–Crippen MR) is 114 cm³/mol. The highest BCUT2D eigenvalue weighted by atomic mass is 32.2. The van der Waals surface area contributed by atoms with Crippen LogP contribution in [0.5, 0.6) is 0 Å². The molecule has 29 heavy (non-hydrogen) atoms. The summed E-state index contributed by atoms with van der Waals surface area (Å²) in [4.78, 5) is 17.2. The summed E-state index contributed by atoms with van der Waals surface area (Å²) in [6, 6.07) is 10.2. The molecule has 0 aliphatic heterocycles. The lowest BCUT2D eigenvalue weighted by Gasteiger charge is -2.34. The van der Waals surface area contributed by atoms with E-state index in [2.05, 4.69) is 32.2 Å². The summed E-state index contributed by atoms with van der Waals surface area (Å²) >= 11 is 1.24. The quantitative estimate of drug-likeness (QED) is 0.688. The maximum absolute atomic E-state index is 13.8. The van der Waals surface area contributed by atoms with Crippen molar-refractivity contribution in [3.8, 4) is 6.07 Å². The number of aryl methyl sites for hydroxylation is 1. The van der Waals surface area contributed by atoms with Gasteiger partial charge < -0.3 is 5.32 Å². The van der Waals surface area contributed by atoms with Crippen LogP contribution in [-0.4, -0.2) is 16.1 Å². The van der Waals surface area contributed by atoms with Gasteiger partial charge in [-0.2, -0.15) is 5.26 Å². The molecule has 1 N–H and O–H groups in total. The first-order valence-electron chi connectivity index (χ1n) is 9.84. The Morgan fingerprint density at radius 3 is 2.76 bits per heavy atom. The number of aromatic nitrogens is 1. The average molecular weight is 412 g/mol.